The van der Waals surface area contributed by atoms with Gasteiger partial charge in [0, 0.05) is 12.0 Å². The second-order valence-electron chi connectivity index (χ2n) is 4.47. The van der Waals surface area contributed by atoms with Gasteiger partial charge in [-0.15, -0.1) is 12.4 Å². The number of hydrogen-bond acceptors (Lipinski definition) is 1. The highest BCUT2D eigenvalue weighted by Gasteiger charge is 2.30. The van der Waals surface area contributed by atoms with Gasteiger partial charge in [0.05, 0.1) is 0 Å². The van der Waals surface area contributed by atoms with Gasteiger partial charge in [-0.25, -0.2) is 0 Å². The van der Waals surface area contributed by atoms with Crippen molar-refractivity contribution < 1.29 is 0 Å². The zero-order valence-electron chi connectivity index (χ0n) is 8.60. The fourth-order valence-electron chi connectivity index (χ4n) is 2.80. The van der Waals surface area contributed by atoms with Gasteiger partial charge in [0.2, 0.25) is 0 Å². The first-order valence-corrected chi connectivity index (χ1v) is 5.36. The molecule has 2 aliphatic carbocycles. The maximum atomic E-state index is 6.06. The third-order valence-corrected chi connectivity index (χ3v) is 3.60. The number of hydrogen-bond donors (Lipinski definition) is 1. The molecule has 2 bridgehead atoms. The number of rotatable bonds is 0. The fourth-order valence-corrected chi connectivity index (χ4v) is 2.80. The van der Waals surface area contributed by atoms with Crippen molar-refractivity contribution in [3.8, 4) is 0 Å². The van der Waals surface area contributed by atoms with Gasteiger partial charge in [-0.1, -0.05) is 36.4 Å². The molecule has 0 spiro atoms. The Morgan fingerprint density at radius 1 is 1.13 bits per heavy atom. The highest BCUT2D eigenvalue weighted by molar-refractivity contribution is 5.85. The standard InChI is InChI=1S/C13H15N.ClH/c14-13-6-5-10-8-11(13)7-9-3-1-2-4-12(9)10;/h1-6,10-11,13H,7-8,14H2;1H/t10-,11-,13-;/m1./s1. The Balaban J connectivity index is 0.000000853. The Morgan fingerprint density at radius 3 is 2.80 bits per heavy atom. The average molecular weight is 222 g/mol. The van der Waals surface area contributed by atoms with Gasteiger partial charge >= 0.3 is 0 Å². The van der Waals surface area contributed by atoms with Crippen LogP contribution in [0.4, 0.5) is 0 Å². The first-order chi connectivity index (χ1) is 6.84. The lowest BCUT2D eigenvalue weighted by Gasteiger charge is -2.36. The highest BCUT2D eigenvalue weighted by atomic mass is 35.5. The van der Waals surface area contributed by atoms with Crippen LogP contribution in [0.25, 0.3) is 0 Å². The van der Waals surface area contributed by atoms with Crippen LogP contribution in [0, 0.1) is 5.92 Å². The molecule has 0 saturated carbocycles. The predicted octanol–water partition coefficient (Wildman–Crippen LogP) is 2.65. The Kier molecular flexibility index (Phi) is 2.85. The zero-order valence-corrected chi connectivity index (χ0v) is 9.41. The third-order valence-electron chi connectivity index (χ3n) is 3.60. The molecule has 0 heterocycles. The topological polar surface area (TPSA) is 26.0 Å². The average Bonchev–Trinajstić information content (AvgIpc) is 2.24. The molecule has 2 heteroatoms. The van der Waals surface area contributed by atoms with Crippen LogP contribution in [0.5, 0.6) is 0 Å². The molecular weight excluding hydrogens is 206 g/mol. The lowest BCUT2D eigenvalue weighted by atomic mass is 9.71. The largest absolute Gasteiger partial charge is 0.324 e. The summed E-state index contributed by atoms with van der Waals surface area (Å²) in [4.78, 5) is 0. The molecule has 0 saturated heterocycles. The van der Waals surface area contributed by atoms with Crippen molar-refractivity contribution in [2.24, 2.45) is 11.7 Å². The minimum Gasteiger partial charge on any atom is -0.324 e. The molecule has 15 heavy (non-hydrogen) atoms. The van der Waals surface area contributed by atoms with E-state index in [0.717, 1.165) is 6.42 Å². The molecule has 2 N–H and O–H groups in total. The molecule has 0 radical (unpaired) electrons. The summed E-state index contributed by atoms with van der Waals surface area (Å²) in [7, 11) is 0. The van der Waals surface area contributed by atoms with Crippen LogP contribution in [0.2, 0.25) is 0 Å². The van der Waals surface area contributed by atoms with E-state index in [9.17, 15) is 0 Å². The van der Waals surface area contributed by atoms with E-state index < -0.39 is 0 Å². The summed E-state index contributed by atoms with van der Waals surface area (Å²) in [6, 6.07) is 9.06. The van der Waals surface area contributed by atoms with E-state index in [1.54, 1.807) is 0 Å². The van der Waals surface area contributed by atoms with Crippen LogP contribution < -0.4 is 5.73 Å². The molecule has 80 valence electrons. The number of benzene rings is 1. The minimum atomic E-state index is 0. The molecule has 0 aromatic heterocycles. The number of fused-ring (bicyclic) bond motifs is 4. The van der Waals surface area contributed by atoms with Crippen LogP contribution >= 0.6 is 12.4 Å². The third kappa shape index (κ3) is 1.70. The van der Waals surface area contributed by atoms with Gasteiger partial charge < -0.3 is 5.73 Å². The number of allylic oxidation sites excluding steroid dienone is 1. The van der Waals surface area contributed by atoms with Gasteiger partial charge in [-0.05, 0) is 29.9 Å². The van der Waals surface area contributed by atoms with Gasteiger partial charge in [0.15, 0.2) is 0 Å². The van der Waals surface area contributed by atoms with E-state index >= 15 is 0 Å². The molecule has 3 atom stereocenters. The molecule has 0 amide bonds. The number of halogens is 1. The van der Waals surface area contributed by atoms with Crippen LogP contribution in [-0.2, 0) is 6.42 Å². The van der Waals surface area contributed by atoms with Crippen molar-refractivity contribution in [1.29, 1.82) is 0 Å². The van der Waals surface area contributed by atoms with Crippen LogP contribution in [0.3, 0.4) is 0 Å². The minimum absolute atomic E-state index is 0. The summed E-state index contributed by atoms with van der Waals surface area (Å²) >= 11 is 0. The summed E-state index contributed by atoms with van der Waals surface area (Å²) in [5, 5.41) is 0. The van der Waals surface area contributed by atoms with E-state index in [-0.39, 0.29) is 18.4 Å². The van der Waals surface area contributed by atoms with Crippen LogP contribution in [-0.4, -0.2) is 6.04 Å². The van der Waals surface area contributed by atoms with Gasteiger partial charge in [0.1, 0.15) is 0 Å². The first-order valence-electron chi connectivity index (χ1n) is 5.36. The van der Waals surface area contributed by atoms with E-state index in [0.29, 0.717) is 11.8 Å². The van der Waals surface area contributed by atoms with E-state index in [1.165, 1.54) is 17.5 Å². The van der Waals surface area contributed by atoms with Crippen LogP contribution in [0.15, 0.2) is 36.4 Å². The maximum Gasteiger partial charge on any atom is 0.0256 e. The van der Waals surface area contributed by atoms with Crippen molar-refractivity contribution in [2.45, 2.75) is 24.8 Å². The monoisotopic (exact) mass is 221 g/mol. The maximum absolute atomic E-state index is 6.06. The predicted molar refractivity (Wildman–Crippen MR) is 65.4 cm³/mol. The summed E-state index contributed by atoms with van der Waals surface area (Å²) in [6.07, 6.45) is 6.89. The van der Waals surface area contributed by atoms with Crippen LogP contribution in [0.1, 0.15) is 23.5 Å². The summed E-state index contributed by atoms with van der Waals surface area (Å²) < 4.78 is 0. The Morgan fingerprint density at radius 2 is 1.93 bits per heavy atom. The van der Waals surface area contributed by atoms with E-state index in [1.807, 2.05) is 0 Å². The molecule has 0 unspecified atom stereocenters. The molecule has 1 aromatic rings. The van der Waals surface area contributed by atoms with Crippen molar-refractivity contribution in [3.63, 3.8) is 0 Å². The summed E-state index contributed by atoms with van der Waals surface area (Å²) in [5.41, 5.74) is 9.08. The Bertz CT molecular complexity index is 386. The molecule has 0 fully saturated rings. The molecule has 3 rings (SSSR count). The lowest BCUT2D eigenvalue weighted by Crippen LogP contribution is -2.36. The van der Waals surface area contributed by atoms with E-state index in [2.05, 4.69) is 36.4 Å². The second kappa shape index (κ2) is 3.99. The zero-order chi connectivity index (χ0) is 9.54. The summed E-state index contributed by atoms with van der Waals surface area (Å²) in [6.45, 7) is 0. The fraction of sp³-hybridized carbons (Fsp3) is 0.385. The van der Waals surface area contributed by atoms with Crippen molar-refractivity contribution >= 4 is 12.4 Å². The SMILES string of the molecule is Cl.N[C@@H]1C=C[C@@H]2C[C@H]1Cc1ccccc12. The normalized spacial score (nSPS) is 31.7. The quantitative estimate of drug-likeness (QED) is 0.670. The highest BCUT2D eigenvalue weighted by Crippen LogP contribution is 2.39. The van der Waals surface area contributed by atoms with Crippen molar-refractivity contribution in [2.75, 3.05) is 0 Å². The van der Waals surface area contributed by atoms with Gasteiger partial charge in [-0.3, -0.25) is 0 Å². The second-order valence-corrected chi connectivity index (χ2v) is 4.47. The van der Waals surface area contributed by atoms with E-state index in [4.69, 9.17) is 5.73 Å². The Hall–Kier alpha value is -0.790. The first kappa shape index (κ1) is 10.7. The van der Waals surface area contributed by atoms with Gasteiger partial charge in [0.25, 0.3) is 0 Å². The molecular formula is C13H16ClN. The van der Waals surface area contributed by atoms with Crippen molar-refractivity contribution in [1.82, 2.24) is 0 Å². The van der Waals surface area contributed by atoms with Crippen molar-refractivity contribution in [3.05, 3.63) is 47.5 Å². The molecule has 1 aromatic carbocycles. The summed E-state index contributed by atoms with van der Waals surface area (Å²) in [5.74, 6) is 1.30. The molecule has 0 aliphatic heterocycles. The molecule has 1 nitrogen and oxygen atoms in total. The lowest BCUT2D eigenvalue weighted by molar-refractivity contribution is 0.378. The smallest absolute Gasteiger partial charge is 0.0256 e. The Labute approximate surface area is 96.8 Å². The molecule has 2 aliphatic rings. The van der Waals surface area contributed by atoms with Gasteiger partial charge in [-0.2, -0.15) is 0 Å². The number of nitrogens with two attached hydrogens (primary N) is 1.